The second-order valence-electron chi connectivity index (χ2n) is 23.7. The number of nitrogens with zero attached hydrogens (tertiary/aromatic N) is 1. The van der Waals surface area contributed by atoms with E-state index in [0.717, 1.165) is 83.5 Å². The molecule has 0 aromatic heterocycles. The third-order valence-electron chi connectivity index (χ3n) is 14.6. The summed E-state index contributed by atoms with van der Waals surface area (Å²) in [4.78, 5) is 37.5. The summed E-state index contributed by atoms with van der Waals surface area (Å²) in [6.07, 6.45) is 80.8. The molecule has 0 aromatic carbocycles. The molecule has 0 amide bonds. The van der Waals surface area contributed by atoms with E-state index in [4.69, 9.17) is 18.9 Å². The standard InChI is InChI=1S/C72H127NO8/c1-6-8-10-12-14-16-18-20-22-24-26-28-30-32-33-34-35-36-37-39-40-42-44-46-48-50-52-54-56-58-60-62-69(74)79-66-68(67-80-72(71(76)77)78-65-64-73(3,4)5)81-70(75)63-61-59-57-55-53-51-49-47-45-43-41-38-31-29-27-25-23-21-19-17-15-13-11-9-7-2/h9,11,15,17-18,20-21,23-24,26-27,29,38,41,68,72H,6-8,10,12-14,16,19,22,25,28,30-37,39-40,42-67H2,1-5H3/b11-9-,17-15-,20-18-,23-21-,26-24-,29-27-,41-38-. The fourth-order valence-corrected chi connectivity index (χ4v) is 9.48. The van der Waals surface area contributed by atoms with Crippen LogP contribution in [-0.2, 0) is 33.3 Å². The first kappa shape index (κ1) is 77.5. The molecule has 0 saturated heterocycles. The number of allylic oxidation sites excluding steroid dienone is 14. The first-order valence-corrected chi connectivity index (χ1v) is 33.7. The maximum Gasteiger partial charge on any atom is 0.306 e. The summed E-state index contributed by atoms with van der Waals surface area (Å²) in [6, 6.07) is 0. The molecule has 0 aromatic rings. The summed E-state index contributed by atoms with van der Waals surface area (Å²) < 4.78 is 22.8. The third-order valence-corrected chi connectivity index (χ3v) is 14.6. The lowest BCUT2D eigenvalue weighted by Crippen LogP contribution is -2.44. The van der Waals surface area contributed by atoms with Crippen molar-refractivity contribution in [3.8, 4) is 0 Å². The number of hydrogen-bond donors (Lipinski definition) is 0. The van der Waals surface area contributed by atoms with Gasteiger partial charge in [0.2, 0.25) is 0 Å². The lowest BCUT2D eigenvalue weighted by atomic mass is 10.0. The first-order valence-electron chi connectivity index (χ1n) is 33.7. The Morgan fingerprint density at radius 1 is 0.383 bits per heavy atom. The number of esters is 2. The fraction of sp³-hybridized carbons (Fsp3) is 0.764. The van der Waals surface area contributed by atoms with Crippen molar-refractivity contribution in [1.82, 2.24) is 0 Å². The van der Waals surface area contributed by atoms with Gasteiger partial charge in [-0.15, -0.1) is 0 Å². The number of quaternary nitrogens is 1. The number of unbranched alkanes of at least 4 members (excludes halogenated alkanes) is 33. The van der Waals surface area contributed by atoms with Gasteiger partial charge in [-0.25, -0.2) is 0 Å². The summed E-state index contributed by atoms with van der Waals surface area (Å²) >= 11 is 0. The Labute approximate surface area is 500 Å². The molecule has 0 spiro atoms. The van der Waals surface area contributed by atoms with Gasteiger partial charge in [0.1, 0.15) is 13.2 Å². The maximum absolute atomic E-state index is 12.9. The molecule has 0 N–H and O–H groups in total. The highest BCUT2D eigenvalue weighted by molar-refractivity contribution is 5.70. The van der Waals surface area contributed by atoms with Gasteiger partial charge in [-0.05, 0) is 89.9 Å². The molecular formula is C72H127NO8. The molecule has 0 fully saturated rings. The second-order valence-corrected chi connectivity index (χ2v) is 23.7. The molecule has 9 nitrogen and oxygen atoms in total. The van der Waals surface area contributed by atoms with Crippen molar-refractivity contribution < 1.29 is 42.9 Å². The predicted molar refractivity (Wildman–Crippen MR) is 343 cm³/mol. The Morgan fingerprint density at radius 2 is 0.704 bits per heavy atom. The Bertz CT molecular complexity index is 1600. The highest BCUT2D eigenvalue weighted by Crippen LogP contribution is 2.17. The Morgan fingerprint density at radius 3 is 1.05 bits per heavy atom. The van der Waals surface area contributed by atoms with E-state index < -0.39 is 24.3 Å². The smallest absolute Gasteiger partial charge is 0.306 e. The van der Waals surface area contributed by atoms with Crippen LogP contribution in [0.25, 0.3) is 0 Å². The van der Waals surface area contributed by atoms with Gasteiger partial charge in [0.05, 0.1) is 40.3 Å². The number of carbonyl (C=O) groups is 3. The van der Waals surface area contributed by atoms with Crippen LogP contribution >= 0.6 is 0 Å². The van der Waals surface area contributed by atoms with Crippen molar-refractivity contribution in [1.29, 1.82) is 0 Å². The average Bonchev–Trinajstić information content (AvgIpc) is 3.44. The molecule has 2 atom stereocenters. The molecule has 0 radical (unpaired) electrons. The molecule has 0 aliphatic rings. The lowest BCUT2D eigenvalue weighted by Gasteiger charge is -2.26. The van der Waals surface area contributed by atoms with Crippen LogP contribution in [0.2, 0.25) is 0 Å². The number of carboxylic acids is 1. The minimum Gasteiger partial charge on any atom is -0.545 e. The van der Waals surface area contributed by atoms with Crippen LogP contribution in [-0.4, -0.2) is 82.3 Å². The molecule has 2 unspecified atom stereocenters. The van der Waals surface area contributed by atoms with Gasteiger partial charge in [-0.1, -0.05) is 279 Å². The van der Waals surface area contributed by atoms with Gasteiger partial charge in [0, 0.05) is 12.8 Å². The van der Waals surface area contributed by atoms with Crippen molar-refractivity contribution >= 4 is 17.9 Å². The number of aliphatic carboxylic acids is 1. The SMILES string of the molecule is CC/C=C\C/C=C\C/C=C\C/C=C\C/C=C\CCCCCCCCCCCC(=O)OC(COC(=O)CCCCCCCCCCCCCCCCCCCCC/C=C\C/C=C\CCCCCCC)COC(OCC[N+](C)(C)C)C(=O)[O-]. The van der Waals surface area contributed by atoms with Crippen molar-refractivity contribution in [2.24, 2.45) is 0 Å². The van der Waals surface area contributed by atoms with E-state index in [-0.39, 0.29) is 32.2 Å². The zero-order valence-corrected chi connectivity index (χ0v) is 53.4. The number of carboxylic acid groups (broad SMARTS) is 1. The van der Waals surface area contributed by atoms with E-state index in [9.17, 15) is 19.5 Å². The maximum atomic E-state index is 12.9. The molecule has 0 saturated carbocycles. The lowest BCUT2D eigenvalue weighted by molar-refractivity contribution is -0.870. The quantitative estimate of drug-likeness (QED) is 0.0195. The minimum atomic E-state index is -1.63. The van der Waals surface area contributed by atoms with E-state index in [1.807, 2.05) is 21.1 Å². The van der Waals surface area contributed by atoms with E-state index in [0.29, 0.717) is 23.9 Å². The number of carbonyl (C=O) groups excluding carboxylic acids is 3. The fourth-order valence-electron chi connectivity index (χ4n) is 9.48. The first-order chi connectivity index (χ1) is 39.6. The van der Waals surface area contributed by atoms with Crippen LogP contribution < -0.4 is 5.11 Å². The van der Waals surface area contributed by atoms with Crippen molar-refractivity contribution in [2.45, 2.75) is 309 Å². The van der Waals surface area contributed by atoms with Crippen LogP contribution in [0.5, 0.6) is 0 Å². The van der Waals surface area contributed by atoms with Gasteiger partial charge in [0.15, 0.2) is 12.4 Å². The molecule has 9 heteroatoms. The van der Waals surface area contributed by atoms with Crippen molar-refractivity contribution in [2.75, 3.05) is 47.5 Å². The normalized spacial score (nSPS) is 13.2. The summed E-state index contributed by atoms with van der Waals surface area (Å²) in [6.45, 7) is 4.65. The molecular weight excluding hydrogens is 1010 g/mol. The van der Waals surface area contributed by atoms with Crippen molar-refractivity contribution in [3.63, 3.8) is 0 Å². The Kier molecular flexibility index (Phi) is 59.8. The molecule has 81 heavy (non-hydrogen) atoms. The summed E-state index contributed by atoms with van der Waals surface area (Å²) in [5, 5.41) is 11.8. The average molecular weight is 1130 g/mol. The second kappa shape index (κ2) is 62.5. The van der Waals surface area contributed by atoms with Gasteiger partial charge in [-0.2, -0.15) is 0 Å². The van der Waals surface area contributed by atoms with E-state index in [1.165, 1.54) is 180 Å². The molecule has 0 bridgehead atoms. The minimum absolute atomic E-state index is 0.144. The third kappa shape index (κ3) is 63.9. The zero-order valence-electron chi connectivity index (χ0n) is 53.4. The summed E-state index contributed by atoms with van der Waals surface area (Å²) in [5.41, 5.74) is 0. The number of likely N-dealkylation sites (N-methyl/N-ethyl adjacent to an activating group) is 1. The van der Waals surface area contributed by atoms with Gasteiger partial charge in [0.25, 0.3) is 0 Å². The topological polar surface area (TPSA) is 111 Å². The van der Waals surface area contributed by atoms with Gasteiger partial charge >= 0.3 is 11.9 Å². The van der Waals surface area contributed by atoms with E-state index in [1.54, 1.807) is 0 Å². The predicted octanol–water partition coefficient (Wildman–Crippen LogP) is 19.4. The zero-order chi connectivity index (χ0) is 59.1. The van der Waals surface area contributed by atoms with Crippen LogP contribution in [0, 0.1) is 0 Å². The van der Waals surface area contributed by atoms with E-state index in [2.05, 4.69) is 98.9 Å². The van der Waals surface area contributed by atoms with Crippen LogP contribution in [0.15, 0.2) is 85.1 Å². The largest absolute Gasteiger partial charge is 0.545 e. The van der Waals surface area contributed by atoms with Crippen LogP contribution in [0.3, 0.4) is 0 Å². The molecule has 0 heterocycles. The highest BCUT2D eigenvalue weighted by Gasteiger charge is 2.22. The molecule has 0 aliphatic heterocycles. The van der Waals surface area contributed by atoms with Crippen LogP contribution in [0.1, 0.15) is 296 Å². The molecule has 0 rings (SSSR count). The van der Waals surface area contributed by atoms with Gasteiger partial charge in [-0.3, -0.25) is 9.59 Å². The molecule has 468 valence electrons. The summed E-state index contributed by atoms with van der Waals surface area (Å²) in [5.74, 6) is -2.28. The summed E-state index contributed by atoms with van der Waals surface area (Å²) in [7, 11) is 5.93. The highest BCUT2D eigenvalue weighted by atomic mass is 16.7. The molecule has 0 aliphatic carbocycles. The van der Waals surface area contributed by atoms with Crippen molar-refractivity contribution in [3.05, 3.63) is 85.1 Å². The monoisotopic (exact) mass is 1130 g/mol. The van der Waals surface area contributed by atoms with Gasteiger partial charge < -0.3 is 33.3 Å². The Balaban J connectivity index is 4.13. The van der Waals surface area contributed by atoms with E-state index >= 15 is 0 Å². The number of hydrogen-bond acceptors (Lipinski definition) is 8. The number of rotatable bonds is 62. The van der Waals surface area contributed by atoms with Crippen LogP contribution in [0.4, 0.5) is 0 Å². The number of ether oxygens (including phenoxy) is 4. The Hall–Kier alpha value is -3.53.